The monoisotopic (exact) mass is 892 g/mol. The lowest BCUT2D eigenvalue weighted by Gasteiger charge is -2.25. The van der Waals surface area contributed by atoms with Crippen molar-refractivity contribution in [3.63, 3.8) is 0 Å². The Morgan fingerprint density at radius 3 is 1.56 bits per heavy atom. The number of nitrogens with zero attached hydrogens (tertiary/aromatic N) is 8. The molecule has 0 bridgehead atoms. The van der Waals surface area contributed by atoms with Crippen LogP contribution in [-0.2, 0) is 0 Å². The molecule has 0 fully saturated rings. The van der Waals surface area contributed by atoms with E-state index in [1.807, 2.05) is 36.4 Å². The van der Waals surface area contributed by atoms with Gasteiger partial charge in [-0.1, -0.05) is 127 Å². The number of benzene rings is 9. The molecule has 2 aromatic heterocycles. The Morgan fingerprint density at radius 2 is 0.943 bits per heavy atom. The van der Waals surface area contributed by atoms with E-state index >= 15 is 0 Å². The van der Waals surface area contributed by atoms with Crippen molar-refractivity contribution in [2.24, 2.45) is 0 Å². The Hall–Kier alpha value is -10.4. The first-order valence-corrected chi connectivity index (χ1v) is 22.5. The first-order valence-electron chi connectivity index (χ1n) is 22.5. The summed E-state index contributed by atoms with van der Waals surface area (Å²) < 4.78 is 2.32. The normalized spacial score (nSPS) is 10.8. The van der Waals surface area contributed by atoms with Crippen LogP contribution in [0.15, 0.2) is 218 Å². The second-order valence-corrected chi connectivity index (χ2v) is 16.6. The van der Waals surface area contributed by atoms with Gasteiger partial charge in [0.25, 0.3) is 0 Å². The Balaban J connectivity index is 0.921. The van der Waals surface area contributed by atoms with E-state index in [0.717, 1.165) is 55.9 Å². The topological polar surface area (TPSA) is 90.2 Å². The van der Waals surface area contributed by atoms with Crippen LogP contribution in [0.2, 0.25) is 0 Å². The van der Waals surface area contributed by atoms with Gasteiger partial charge in [-0.05, 0) is 119 Å². The number of rotatable bonds is 9. The summed E-state index contributed by atoms with van der Waals surface area (Å²) in [5.74, 6) is 0.325. The van der Waals surface area contributed by atoms with Crippen molar-refractivity contribution < 1.29 is 0 Å². The number of para-hydroxylation sites is 3. The Morgan fingerprint density at radius 1 is 0.414 bits per heavy atom. The second kappa shape index (κ2) is 18.1. The van der Waals surface area contributed by atoms with Gasteiger partial charge in [0.05, 0.1) is 58.8 Å². The summed E-state index contributed by atoms with van der Waals surface area (Å²) in [6.07, 6.45) is 0. The highest BCUT2D eigenvalue weighted by atomic mass is 15.1. The average Bonchev–Trinajstić information content (AvgIpc) is 3.77. The number of aromatic nitrogens is 3. The molecule has 8 heteroatoms. The van der Waals surface area contributed by atoms with E-state index in [9.17, 15) is 10.5 Å². The van der Waals surface area contributed by atoms with Crippen LogP contribution in [0.5, 0.6) is 0 Å². The largest absolute Gasteiger partial charge is 0.310 e. The van der Waals surface area contributed by atoms with Crippen LogP contribution >= 0.6 is 0 Å². The third-order valence-electron chi connectivity index (χ3n) is 12.5. The molecule has 0 aliphatic carbocycles. The molecular weight excluding hydrogens is 857 g/mol. The molecule has 9 aromatic carbocycles. The Bertz CT molecular complexity index is 3830. The number of hydrogen-bond donors (Lipinski definition) is 0. The van der Waals surface area contributed by atoms with E-state index in [-0.39, 0.29) is 11.1 Å². The summed E-state index contributed by atoms with van der Waals surface area (Å²) in [7, 11) is 0. The van der Waals surface area contributed by atoms with Crippen molar-refractivity contribution in [2.45, 2.75) is 0 Å². The highest BCUT2D eigenvalue weighted by molar-refractivity contribution is 6.10. The number of nitriles is 2. The fourth-order valence-corrected chi connectivity index (χ4v) is 9.20. The molecule has 11 rings (SSSR count). The van der Waals surface area contributed by atoms with Gasteiger partial charge in [0.15, 0.2) is 17.2 Å². The smallest absolute Gasteiger partial charge is 0.187 e. The minimum absolute atomic E-state index is 0.278. The zero-order valence-electron chi connectivity index (χ0n) is 37.4. The summed E-state index contributed by atoms with van der Waals surface area (Å²) >= 11 is 0. The van der Waals surface area contributed by atoms with Gasteiger partial charge < -0.3 is 9.47 Å². The number of fused-ring (bicyclic) bond motifs is 3. The number of anilines is 3. The maximum Gasteiger partial charge on any atom is 0.187 e. The number of hydrogen-bond acceptors (Lipinski definition) is 5. The summed E-state index contributed by atoms with van der Waals surface area (Å²) in [6.45, 7) is 15.1. The maximum atomic E-state index is 10.6. The first-order chi connectivity index (χ1) is 34.5. The third-order valence-corrected chi connectivity index (χ3v) is 12.5. The van der Waals surface area contributed by atoms with Gasteiger partial charge in [0.2, 0.25) is 0 Å². The lowest BCUT2D eigenvalue weighted by Crippen LogP contribution is -2.09. The lowest BCUT2D eigenvalue weighted by molar-refractivity contribution is 1.18. The predicted molar refractivity (Wildman–Crippen MR) is 280 cm³/mol. The van der Waals surface area contributed by atoms with Gasteiger partial charge in [-0.15, -0.1) is 0 Å². The molecule has 0 saturated heterocycles. The molecule has 0 spiro atoms. The molecule has 2 heterocycles. The summed E-state index contributed by atoms with van der Waals surface area (Å²) in [6, 6.07) is 77.0. The van der Waals surface area contributed by atoms with Crippen molar-refractivity contribution in [2.75, 3.05) is 4.90 Å². The molecule has 0 amide bonds. The molecule has 0 saturated carbocycles. The van der Waals surface area contributed by atoms with Gasteiger partial charge in [0, 0.05) is 44.6 Å². The molecule has 11 aromatic rings. The van der Waals surface area contributed by atoms with E-state index < -0.39 is 0 Å². The van der Waals surface area contributed by atoms with Crippen LogP contribution in [0.3, 0.4) is 0 Å². The van der Waals surface area contributed by atoms with Crippen molar-refractivity contribution in [3.8, 4) is 74.0 Å². The van der Waals surface area contributed by atoms with Gasteiger partial charge >= 0.3 is 0 Å². The van der Waals surface area contributed by atoms with E-state index in [2.05, 4.69) is 159 Å². The maximum absolute atomic E-state index is 10.6. The van der Waals surface area contributed by atoms with Crippen molar-refractivity contribution in [1.29, 1.82) is 10.5 Å². The van der Waals surface area contributed by atoms with Crippen LogP contribution in [0, 0.1) is 35.8 Å². The highest BCUT2D eigenvalue weighted by Gasteiger charge is 2.21. The molecule has 0 aliphatic heterocycles. The summed E-state index contributed by atoms with van der Waals surface area (Å²) in [4.78, 5) is 19.2. The minimum Gasteiger partial charge on any atom is -0.310 e. The molecule has 0 radical (unpaired) electrons. The summed E-state index contributed by atoms with van der Waals surface area (Å²) in [5, 5.41) is 23.6. The minimum atomic E-state index is 0.278. The van der Waals surface area contributed by atoms with Gasteiger partial charge in [-0.3, -0.25) is 0 Å². The van der Waals surface area contributed by atoms with Crippen LogP contribution in [-0.4, -0.2) is 14.5 Å². The highest BCUT2D eigenvalue weighted by Crippen LogP contribution is 2.41. The van der Waals surface area contributed by atoms with Crippen LogP contribution in [0.4, 0.5) is 28.4 Å². The van der Waals surface area contributed by atoms with Crippen LogP contribution < -0.4 is 4.90 Å². The van der Waals surface area contributed by atoms with Crippen molar-refractivity contribution >= 4 is 50.2 Å². The first kappa shape index (κ1) is 42.3. The van der Waals surface area contributed by atoms with Gasteiger partial charge in [-0.2, -0.15) is 10.5 Å². The van der Waals surface area contributed by atoms with Crippen LogP contribution in [0.1, 0.15) is 11.1 Å². The molecule has 324 valence electrons. The molecule has 0 unspecified atom stereocenters. The second-order valence-electron chi connectivity index (χ2n) is 16.6. The Kier molecular flexibility index (Phi) is 10.9. The molecular formula is C62H36N8. The van der Waals surface area contributed by atoms with Crippen molar-refractivity contribution in [1.82, 2.24) is 14.5 Å². The van der Waals surface area contributed by atoms with Crippen molar-refractivity contribution in [3.05, 3.63) is 252 Å². The van der Waals surface area contributed by atoms with Gasteiger partial charge in [-0.25, -0.2) is 19.7 Å². The van der Waals surface area contributed by atoms with E-state index in [4.69, 9.17) is 23.1 Å². The fourth-order valence-electron chi connectivity index (χ4n) is 9.20. The third kappa shape index (κ3) is 7.83. The average molecular weight is 893 g/mol. The Labute approximate surface area is 404 Å². The lowest BCUT2D eigenvalue weighted by atomic mass is 9.92. The van der Waals surface area contributed by atoms with E-state index in [1.165, 1.54) is 5.39 Å². The van der Waals surface area contributed by atoms with E-state index in [0.29, 0.717) is 50.8 Å². The quantitative estimate of drug-likeness (QED) is 0.135. The van der Waals surface area contributed by atoms with Crippen LogP contribution in [0.25, 0.3) is 93.3 Å². The van der Waals surface area contributed by atoms with E-state index in [1.54, 1.807) is 54.6 Å². The molecule has 70 heavy (non-hydrogen) atoms. The standard InChI is InChI=1S/C62H36N8/c1-65-49-15-11-13-44(35-49)57-38-58(68-62(67-57)45-14-12-16-50(36-45)66-2)61-47(39-63)33-46(34-48(61)40-64)43-25-23-41(24-26-43)42-27-29-53(30-28-42)70-59-22-10-9-21-55(59)56-37-54(31-32-60(56)70)69(51-17-5-3-6-18-51)52-19-7-4-8-20-52/h3-38H. The zero-order valence-corrected chi connectivity index (χ0v) is 37.4. The molecule has 8 nitrogen and oxygen atoms in total. The predicted octanol–water partition coefficient (Wildman–Crippen LogP) is 16.2. The molecule has 0 aliphatic rings. The SMILES string of the molecule is [C-]#[N+]c1cccc(-c2cc(-c3c(C#N)cc(-c4ccc(-c5ccc(-n6c7ccccc7c7cc(N(c8ccccc8)c8ccccc8)ccc76)cc5)cc4)cc3C#N)nc(-c3cccc([N+]#[C-])c3)n2)c1. The fraction of sp³-hybridized carbons (Fsp3) is 0. The van der Waals surface area contributed by atoms with Gasteiger partial charge in [0.1, 0.15) is 0 Å². The molecule has 0 N–H and O–H groups in total. The zero-order chi connectivity index (χ0) is 47.6. The summed E-state index contributed by atoms with van der Waals surface area (Å²) in [5.41, 5.74) is 14.1. The molecule has 0 atom stereocenters.